The lowest BCUT2D eigenvalue weighted by Gasteiger charge is -2.46. The number of nitrogens with zero attached hydrogens (tertiary/aromatic N) is 1. The van der Waals surface area contributed by atoms with Crippen LogP contribution >= 0.6 is 0 Å². The molecule has 0 saturated carbocycles. The Balaban J connectivity index is 0.000000461. The fourth-order valence-corrected chi connectivity index (χ4v) is 2.97. The Kier molecular flexibility index (Phi) is 4.39. The molecule has 0 unspecified atom stereocenters. The van der Waals surface area contributed by atoms with Gasteiger partial charge in [-0.15, -0.1) is 0 Å². The van der Waals surface area contributed by atoms with Gasteiger partial charge < -0.3 is 5.21 Å². The average molecular weight is 199 g/mol. The standard InChI is InChI=1S/C10H19NO.C2H6/c1-7-3-9-5-8(2)6-10(4-7)11(9)12;1-2/h7-10,12H,3-6H2,1-2H3;1-2H3. The Morgan fingerprint density at radius 3 is 1.43 bits per heavy atom. The van der Waals surface area contributed by atoms with Crippen molar-refractivity contribution >= 4 is 0 Å². The van der Waals surface area contributed by atoms with Crippen LogP contribution < -0.4 is 0 Å². The topological polar surface area (TPSA) is 23.5 Å². The molecule has 0 atom stereocenters. The van der Waals surface area contributed by atoms with Crippen molar-refractivity contribution in [3.05, 3.63) is 0 Å². The first kappa shape index (κ1) is 12.0. The van der Waals surface area contributed by atoms with E-state index in [9.17, 15) is 5.21 Å². The fraction of sp³-hybridized carbons (Fsp3) is 1.00. The molecule has 2 aliphatic heterocycles. The highest BCUT2D eigenvalue weighted by Gasteiger charge is 2.38. The van der Waals surface area contributed by atoms with Gasteiger partial charge in [0.1, 0.15) is 0 Å². The van der Waals surface area contributed by atoms with Crippen LogP contribution in [0.1, 0.15) is 53.4 Å². The normalized spacial score (nSPS) is 42.6. The third kappa shape index (κ3) is 2.48. The van der Waals surface area contributed by atoms with Gasteiger partial charge >= 0.3 is 0 Å². The van der Waals surface area contributed by atoms with Gasteiger partial charge in [0.05, 0.1) is 0 Å². The van der Waals surface area contributed by atoms with E-state index in [-0.39, 0.29) is 0 Å². The molecule has 0 aromatic rings. The number of fused-ring (bicyclic) bond motifs is 2. The number of hydroxylamine groups is 2. The Morgan fingerprint density at radius 1 is 0.857 bits per heavy atom. The molecule has 2 saturated heterocycles. The summed E-state index contributed by atoms with van der Waals surface area (Å²) in [6.07, 6.45) is 4.77. The highest BCUT2D eigenvalue weighted by atomic mass is 16.5. The van der Waals surface area contributed by atoms with Crippen molar-refractivity contribution in [3.8, 4) is 0 Å². The summed E-state index contributed by atoms with van der Waals surface area (Å²) in [5.74, 6) is 1.63. The van der Waals surface area contributed by atoms with Crippen LogP contribution in [0.5, 0.6) is 0 Å². The molecule has 2 aliphatic rings. The molecule has 0 radical (unpaired) electrons. The maximum absolute atomic E-state index is 9.76. The highest BCUT2D eigenvalue weighted by Crippen LogP contribution is 2.37. The van der Waals surface area contributed by atoms with E-state index in [1.165, 1.54) is 25.7 Å². The van der Waals surface area contributed by atoms with E-state index in [0.29, 0.717) is 12.1 Å². The van der Waals surface area contributed by atoms with Crippen LogP contribution in [0, 0.1) is 11.8 Å². The fourth-order valence-electron chi connectivity index (χ4n) is 2.97. The van der Waals surface area contributed by atoms with Crippen LogP contribution in [-0.4, -0.2) is 22.4 Å². The lowest BCUT2D eigenvalue weighted by molar-refractivity contribution is -0.209. The zero-order valence-electron chi connectivity index (χ0n) is 10.0. The van der Waals surface area contributed by atoms with Crippen molar-refractivity contribution < 1.29 is 5.21 Å². The summed E-state index contributed by atoms with van der Waals surface area (Å²) < 4.78 is 0. The molecule has 2 nitrogen and oxygen atoms in total. The maximum atomic E-state index is 9.76. The van der Waals surface area contributed by atoms with Gasteiger partial charge in [0.15, 0.2) is 0 Å². The molecular formula is C12H25NO. The van der Waals surface area contributed by atoms with Crippen LogP contribution in [-0.2, 0) is 0 Å². The quantitative estimate of drug-likeness (QED) is 0.647. The number of piperidine rings is 2. The largest absolute Gasteiger partial charge is 0.313 e. The van der Waals surface area contributed by atoms with Gasteiger partial charge in [0, 0.05) is 12.1 Å². The van der Waals surface area contributed by atoms with Gasteiger partial charge in [-0.1, -0.05) is 27.7 Å². The number of hydrogen-bond donors (Lipinski definition) is 1. The van der Waals surface area contributed by atoms with Crippen LogP contribution in [0.4, 0.5) is 0 Å². The van der Waals surface area contributed by atoms with E-state index >= 15 is 0 Å². The second-order valence-electron chi connectivity index (χ2n) is 4.84. The molecule has 0 amide bonds. The summed E-state index contributed by atoms with van der Waals surface area (Å²) in [7, 11) is 0. The third-order valence-corrected chi connectivity index (χ3v) is 3.45. The van der Waals surface area contributed by atoms with Crippen LogP contribution in [0.15, 0.2) is 0 Å². The van der Waals surface area contributed by atoms with Crippen molar-refractivity contribution in [2.24, 2.45) is 11.8 Å². The molecule has 0 aromatic carbocycles. The first-order valence-electron chi connectivity index (χ1n) is 6.14. The van der Waals surface area contributed by atoms with Gasteiger partial charge in [-0.3, -0.25) is 0 Å². The van der Waals surface area contributed by atoms with Crippen LogP contribution in [0.3, 0.4) is 0 Å². The summed E-state index contributed by atoms with van der Waals surface area (Å²) in [4.78, 5) is 0. The summed E-state index contributed by atoms with van der Waals surface area (Å²) in [6.45, 7) is 8.62. The van der Waals surface area contributed by atoms with Crippen LogP contribution in [0.25, 0.3) is 0 Å². The first-order valence-corrected chi connectivity index (χ1v) is 6.14. The van der Waals surface area contributed by atoms with Gasteiger partial charge in [-0.2, -0.15) is 5.06 Å². The lowest BCUT2D eigenvalue weighted by atomic mass is 9.76. The zero-order valence-corrected chi connectivity index (χ0v) is 10.0. The SMILES string of the molecule is CC.CC1CC2CC(C)CC(C1)N2O. The molecule has 14 heavy (non-hydrogen) atoms. The van der Waals surface area contributed by atoms with E-state index < -0.39 is 0 Å². The average Bonchev–Trinajstić information content (AvgIpc) is 2.13. The van der Waals surface area contributed by atoms with Crippen molar-refractivity contribution in [2.75, 3.05) is 0 Å². The summed E-state index contributed by atoms with van der Waals surface area (Å²) >= 11 is 0. The van der Waals surface area contributed by atoms with E-state index in [1.807, 2.05) is 13.8 Å². The molecule has 1 N–H and O–H groups in total. The predicted molar refractivity (Wildman–Crippen MR) is 59.3 cm³/mol. The van der Waals surface area contributed by atoms with E-state index in [4.69, 9.17) is 0 Å². The summed E-state index contributed by atoms with van der Waals surface area (Å²) in [6, 6.07) is 0.921. The van der Waals surface area contributed by atoms with Crippen molar-refractivity contribution in [2.45, 2.75) is 65.5 Å². The number of hydrogen-bond acceptors (Lipinski definition) is 2. The molecule has 0 aliphatic carbocycles. The molecule has 2 heterocycles. The Morgan fingerprint density at radius 2 is 1.14 bits per heavy atom. The second kappa shape index (κ2) is 5.13. The Labute approximate surface area is 88.3 Å². The predicted octanol–water partition coefficient (Wildman–Crippen LogP) is 3.30. The van der Waals surface area contributed by atoms with Gasteiger partial charge in [-0.25, -0.2) is 0 Å². The van der Waals surface area contributed by atoms with Crippen LogP contribution in [0.2, 0.25) is 0 Å². The molecule has 2 bridgehead atoms. The van der Waals surface area contributed by atoms with Gasteiger partial charge in [-0.05, 0) is 37.5 Å². The third-order valence-electron chi connectivity index (χ3n) is 3.45. The van der Waals surface area contributed by atoms with Gasteiger partial charge in [0.25, 0.3) is 0 Å². The van der Waals surface area contributed by atoms with E-state index in [1.54, 1.807) is 5.06 Å². The molecule has 0 aromatic heterocycles. The van der Waals surface area contributed by atoms with E-state index in [0.717, 1.165) is 11.8 Å². The number of rotatable bonds is 0. The smallest absolute Gasteiger partial charge is 0.0358 e. The minimum atomic E-state index is 0.461. The Hall–Kier alpha value is -0.0800. The van der Waals surface area contributed by atoms with Crippen molar-refractivity contribution in [1.82, 2.24) is 5.06 Å². The molecular weight excluding hydrogens is 174 g/mol. The maximum Gasteiger partial charge on any atom is 0.0358 e. The van der Waals surface area contributed by atoms with E-state index in [2.05, 4.69) is 13.8 Å². The monoisotopic (exact) mass is 199 g/mol. The summed E-state index contributed by atoms with van der Waals surface area (Å²) in [5.41, 5.74) is 0. The molecule has 2 rings (SSSR count). The minimum Gasteiger partial charge on any atom is -0.313 e. The summed E-state index contributed by atoms with van der Waals surface area (Å²) in [5, 5.41) is 11.4. The molecule has 2 heteroatoms. The van der Waals surface area contributed by atoms with Crippen molar-refractivity contribution in [3.63, 3.8) is 0 Å². The Bertz CT molecular complexity index is 142. The minimum absolute atomic E-state index is 0.461. The molecule has 2 fully saturated rings. The second-order valence-corrected chi connectivity index (χ2v) is 4.84. The first-order chi connectivity index (χ1) is 6.66. The van der Waals surface area contributed by atoms with Gasteiger partial charge in [0.2, 0.25) is 0 Å². The van der Waals surface area contributed by atoms with Crippen molar-refractivity contribution in [1.29, 1.82) is 0 Å². The molecule has 0 spiro atoms. The highest BCUT2D eigenvalue weighted by molar-refractivity contribution is 4.89. The molecule has 84 valence electrons. The zero-order chi connectivity index (χ0) is 10.7. The lowest BCUT2D eigenvalue weighted by Crippen LogP contribution is -2.51.